The predicted molar refractivity (Wildman–Crippen MR) is 82.3 cm³/mol. The van der Waals surface area contributed by atoms with Crippen LogP contribution in [0.25, 0.3) is 11.1 Å². The average Bonchev–Trinajstić information content (AvgIpc) is 3.14. The van der Waals surface area contributed by atoms with Crippen molar-refractivity contribution in [1.29, 1.82) is 0 Å². The normalized spacial score (nSPS) is 19.1. The molecule has 1 atom stereocenters. The van der Waals surface area contributed by atoms with E-state index in [9.17, 15) is 4.79 Å². The van der Waals surface area contributed by atoms with Gasteiger partial charge in [0.25, 0.3) is 5.91 Å². The van der Waals surface area contributed by atoms with Crippen molar-refractivity contribution in [3.05, 3.63) is 53.6 Å². The Morgan fingerprint density at radius 1 is 1.10 bits per heavy atom. The van der Waals surface area contributed by atoms with Crippen molar-refractivity contribution in [3.63, 3.8) is 0 Å². The molecule has 106 valence electrons. The molecule has 0 aromatic heterocycles. The number of rotatable bonds is 2. The number of carbonyl (C=O) groups excluding carboxylic acids is 1. The van der Waals surface area contributed by atoms with Crippen LogP contribution in [-0.2, 0) is 16.0 Å². The Morgan fingerprint density at radius 2 is 1.95 bits per heavy atom. The van der Waals surface area contributed by atoms with E-state index in [1.165, 1.54) is 22.3 Å². The number of ether oxygens (including phenoxy) is 1. The molecule has 0 spiro atoms. The van der Waals surface area contributed by atoms with Gasteiger partial charge in [-0.25, -0.2) is 0 Å². The van der Waals surface area contributed by atoms with Gasteiger partial charge >= 0.3 is 0 Å². The zero-order valence-corrected chi connectivity index (χ0v) is 11.8. The van der Waals surface area contributed by atoms with Crippen molar-refractivity contribution in [2.24, 2.45) is 0 Å². The SMILES string of the molecule is O=C(Nc1ccc2c(c1)-c1ccccc1C2)[C@@H]1CCCO1. The largest absolute Gasteiger partial charge is 0.368 e. The predicted octanol–water partition coefficient (Wildman–Crippen LogP) is 3.38. The monoisotopic (exact) mass is 279 g/mol. The number of amides is 1. The Balaban J connectivity index is 1.60. The molecule has 0 unspecified atom stereocenters. The maximum atomic E-state index is 12.1. The van der Waals surface area contributed by atoms with Gasteiger partial charge in [0.1, 0.15) is 6.10 Å². The van der Waals surface area contributed by atoms with Crippen LogP contribution in [0.15, 0.2) is 42.5 Å². The summed E-state index contributed by atoms with van der Waals surface area (Å²) in [7, 11) is 0. The van der Waals surface area contributed by atoms with Crippen molar-refractivity contribution in [2.45, 2.75) is 25.4 Å². The first-order valence-corrected chi connectivity index (χ1v) is 7.45. The van der Waals surface area contributed by atoms with Gasteiger partial charge in [-0.05, 0) is 53.6 Å². The lowest BCUT2D eigenvalue weighted by molar-refractivity contribution is -0.124. The summed E-state index contributed by atoms with van der Waals surface area (Å²) in [4.78, 5) is 12.1. The lowest BCUT2D eigenvalue weighted by Gasteiger charge is -2.11. The molecular weight excluding hydrogens is 262 g/mol. The fourth-order valence-corrected chi connectivity index (χ4v) is 3.21. The topological polar surface area (TPSA) is 38.3 Å². The van der Waals surface area contributed by atoms with E-state index in [0.717, 1.165) is 24.9 Å². The molecule has 0 saturated carbocycles. The summed E-state index contributed by atoms with van der Waals surface area (Å²) >= 11 is 0. The van der Waals surface area contributed by atoms with Gasteiger partial charge in [0.05, 0.1) is 0 Å². The molecule has 1 heterocycles. The molecule has 2 aliphatic rings. The van der Waals surface area contributed by atoms with E-state index in [-0.39, 0.29) is 12.0 Å². The number of fused-ring (bicyclic) bond motifs is 3. The summed E-state index contributed by atoms with van der Waals surface area (Å²) in [6.07, 6.45) is 2.48. The average molecular weight is 279 g/mol. The summed E-state index contributed by atoms with van der Waals surface area (Å²) < 4.78 is 5.42. The number of benzene rings is 2. The molecule has 1 saturated heterocycles. The molecule has 21 heavy (non-hydrogen) atoms. The summed E-state index contributed by atoms with van der Waals surface area (Å²) in [6.45, 7) is 0.690. The van der Waals surface area contributed by atoms with Crippen molar-refractivity contribution < 1.29 is 9.53 Å². The first kappa shape index (κ1) is 12.6. The van der Waals surface area contributed by atoms with Gasteiger partial charge in [-0.1, -0.05) is 30.3 Å². The van der Waals surface area contributed by atoms with Crippen LogP contribution in [0.4, 0.5) is 5.69 Å². The van der Waals surface area contributed by atoms with E-state index in [0.29, 0.717) is 6.61 Å². The van der Waals surface area contributed by atoms with E-state index < -0.39 is 0 Å². The number of carbonyl (C=O) groups is 1. The van der Waals surface area contributed by atoms with Gasteiger partial charge in [0.15, 0.2) is 0 Å². The van der Waals surface area contributed by atoms with Crippen molar-refractivity contribution in [2.75, 3.05) is 11.9 Å². The Kier molecular flexibility index (Phi) is 3.00. The third-order valence-corrected chi connectivity index (χ3v) is 4.29. The zero-order valence-electron chi connectivity index (χ0n) is 11.8. The second-order valence-electron chi connectivity index (χ2n) is 5.70. The van der Waals surface area contributed by atoms with Crippen molar-refractivity contribution in [1.82, 2.24) is 0 Å². The number of hydrogen-bond acceptors (Lipinski definition) is 2. The smallest absolute Gasteiger partial charge is 0.253 e. The van der Waals surface area contributed by atoms with Crippen molar-refractivity contribution in [3.8, 4) is 11.1 Å². The van der Waals surface area contributed by atoms with Gasteiger partial charge in [0.2, 0.25) is 0 Å². The maximum Gasteiger partial charge on any atom is 0.253 e. The highest BCUT2D eigenvalue weighted by atomic mass is 16.5. The third kappa shape index (κ3) is 2.24. The quantitative estimate of drug-likeness (QED) is 0.781. The van der Waals surface area contributed by atoms with Crippen LogP contribution < -0.4 is 5.32 Å². The molecule has 3 nitrogen and oxygen atoms in total. The van der Waals surface area contributed by atoms with Crippen LogP contribution in [-0.4, -0.2) is 18.6 Å². The maximum absolute atomic E-state index is 12.1. The van der Waals surface area contributed by atoms with E-state index >= 15 is 0 Å². The second kappa shape index (κ2) is 5.01. The summed E-state index contributed by atoms with van der Waals surface area (Å²) in [6, 6.07) is 14.6. The molecule has 3 heteroatoms. The molecule has 1 fully saturated rings. The molecule has 1 aliphatic carbocycles. The minimum atomic E-state index is -0.287. The summed E-state index contributed by atoms with van der Waals surface area (Å²) in [5.74, 6) is -0.0290. The molecule has 4 rings (SSSR count). The van der Waals surface area contributed by atoms with Crippen molar-refractivity contribution >= 4 is 11.6 Å². The van der Waals surface area contributed by atoms with Crippen LogP contribution in [0.3, 0.4) is 0 Å². The van der Waals surface area contributed by atoms with Gasteiger partial charge in [-0.2, -0.15) is 0 Å². The number of nitrogens with one attached hydrogen (secondary N) is 1. The number of hydrogen-bond donors (Lipinski definition) is 1. The number of anilines is 1. The standard InChI is InChI=1S/C18H17NO2/c20-18(17-6-3-9-21-17)19-14-8-7-13-10-12-4-1-2-5-15(12)16(13)11-14/h1-2,4-5,7-8,11,17H,3,6,9-10H2,(H,19,20)/t17-/m0/s1. The van der Waals surface area contributed by atoms with Gasteiger partial charge in [0, 0.05) is 12.3 Å². The molecule has 0 bridgehead atoms. The second-order valence-corrected chi connectivity index (χ2v) is 5.70. The van der Waals surface area contributed by atoms with E-state index in [4.69, 9.17) is 4.74 Å². The fourth-order valence-electron chi connectivity index (χ4n) is 3.21. The Labute approximate surface area is 123 Å². The Hall–Kier alpha value is -2.13. The van der Waals surface area contributed by atoms with Crippen LogP contribution in [0.2, 0.25) is 0 Å². The van der Waals surface area contributed by atoms with Gasteiger partial charge < -0.3 is 10.1 Å². The highest BCUT2D eigenvalue weighted by Crippen LogP contribution is 2.37. The molecule has 1 N–H and O–H groups in total. The summed E-state index contributed by atoms with van der Waals surface area (Å²) in [5, 5.41) is 2.98. The molecule has 0 radical (unpaired) electrons. The lowest BCUT2D eigenvalue weighted by atomic mass is 10.1. The molecule has 2 aromatic rings. The molecular formula is C18H17NO2. The molecule has 2 aromatic carbocycles. The van der Waals surface area contributed by atoms with Crippen LogP contribution in [0.5, 0.6) is 0 Å². The fraction of sp³-hybridized carbons (Fsp3) is 0.278. The van der Waals surface area contributed by atoms with Crippen LogP contribution in [0.1, 0.15) is 24.0 Å². The molecule has 1 aliphatic heterocycles. The van der Waals surface area contributed by atoms with Crippen LogP contribution >= 0.6 is 0 Å². The third-order valence-electron chi connectivity index (χ3n) is 4.29. The minimum absolute atomic E-state index is 0.0290. The Bertz CT molecular complexity index is 702. The first-order chi connectivity index (χ1) is 10.3. The van der Waals surface area contributed by atoms with Gasteiger partial charge in [-0.3, -0.25) is 4.79 Å². The van der Waals surface area contributed by atoms with E-state index in [2.05, 4.69) is 41.7 Å². The van der Waals surface area contributed by atoms with Crippen LogP contribution in [0, 0.1) is 0 Å². The highest BCUT2D eigenvalue weighted by molar-refractivity contribution is 5.95. The van der Waals surface area contributed by atoms with E-state index in [1.807, 2.05) is 6.07 Å². The minimum Gasteiger partial charge on any atom is -0.368 e. The first-order valence-electron chi connectivity index (χ1n) is 7.45. The lowest BCUT2D eigenvalue weighted by Crippen LogP contribution is -2.26. The zero-order chi connectivity index (χ0) is 14.2. The van der Waals surface area contributed by atoms with Gasteiger partial charge in [-0.15, -0.1) is 0 Å². The summed E-state index contributed by atoms with van der Waals surface area (Å²) in [5.41, 5.74) is 6.05. The molecule has 1 amide bonds. The van der Waals surface area contributed by atoms with E-state index in [1.54, 1.807) is 0 Å². The highest BCUT2D eigenvalue weighted by Gasteiger charge is 2.24. The Morgan fingerprint density at radius 3 is 2.81 bits per heavy atom.